The summed E-state index contributed by atoms with van der Waals surface area (Å²) in [6, 6.07) is 16.9. The highest BCUT2D eigenvalue weighted by molar-refractivity contribution is 8.18. The second-order valence-electron chi connectivity index (χ2n) is 9.10. The number of aryl methyl sites for hydroxylation is 1. The van der Waals surface area contributed by atoms with E-state index in [0.29, 0.717) is 35.1 Å². The van der Waals surface area contributed by atoms with Gasteiger partial charge in [0.25, 0.3) is 17.1 Å². The first-order valence-electron chi connectivity index (χ1n) is 12.5. The minimum Gasteiger partial charge on any atom is -0.350 e. The van der Waals surface area contributed by atoms with E-state index < -0.39 is 5.91 Å². The first kappa shape index (κ1) is 27.0. The van der Waals surface area contributed by atoms with Gasteiger partial charge in [0.15, 0.2) is 0 Å². The lowest BCUT2D eigenvalue weighted by Crippen LogP contribution is -2.43. The lowest BCUT2D eigenvalue weighted by molar-refractivity contribution is -0.131. The molecule has 0 radical (unpaired) electrons. The quantitative estimate of drug-likeness (QED) is 0.434. The van der Waals surface area contributed by atoms with Gasteiger partial charge in [0.05, 0.1) is 10.9 Å². The van der Waals surface area contributed by atoms with Gasteiger partial charge in [-0.05, 0) is 66.1 Å². The van der Waals surface area contributed by atoms with E-state index in [1.807, 2.05) is 47.0 Å². The van der Waals surface area contributed by atoms with Crippen LogP contribution in [0.5, 0.6) is 0 Å². The van der Waals surface area contributed by atoms with Crippen molar-refractivity contribution in [2.45, 2.75) is 43.9 Å². The van der Waals surface area contributed by atoms with E-state index in [4.69, 9.17) is 0 Å². The Morgan fingerprint density at radius 3 is 2.57 bits per heavy atom. The molecule has 2 aromatic rings. The van der Waals surface area contributed by atoms with Gasteiger partial charge in [0.1, 0.15) is 0 Å². The SMILES string of the molecule is CCCSC1CC(CNC(=O)c2ccc(/C=C3\SC(=O)NC3=O)cc2)N(C(=O)CCc2ccccc2)C1. The maximum absolute atomic E-state index is 13.1. The molecule has 0 aromatic heterocycles. The van der Waals surface area contributed by atoms with Crippen LogP contribution in [-0.2, 0) is 16.0 Å². The number of thioether (sulfide) groups is 2. The molecule has 2 aromatic carbocycles. The van der Waals surface area contributed by atoms with Crippen molar-refractivity contribution in [3.63, 3.8) is 0 Å². The van der Waals surface area contributed by atoms with Crippen LogP contribution < -0.4 is 10.6 Å². The molecule has 4 rings (SSSR count). The average molecular weight is 538 g/mol. The van der Waals surface area contributed by atoms with Gasteiger partial charge in [-0.2, -0.15) is 11.8 Å². The van der Waals surface area contributed by atoms with Crippen molar-refractivity contribution in [3.05, 3.63) is 76.2 Å². The van der Waals surface area contributed by atoms with Crippen LogP contribution in [0, 0.1) is 0 Å². The molecule has 2 saturated heterocycles. The molecule has 2 aliphatic heterocycles. The number of likely N-dealkylation sites (tertiary alicyclic amines) is 1. The van der Waals surface area contributed by atoms with E-state index in [0.717, 1.165) is 48.0 Å². The van der Waals surface area contributed by atoms with Crippen molar-refractivity contribution in [1.82, 2.24) is 15.5 Å². The smallest absolute Gasteiger partial charge is 0.290 e. The molecule has 9 heteroatoms. The van der Waals surface area contributed by atoms with Gasteiger partial charge in [-0.25, -0.2) is 0 Å². The Hall–Kier alpha value is -3.04. The number of nitrogens with zero attached hydrogens (tertiary/aromatic N) is 1. The fraction of sp³-hybridized carbons (Fsp3) is 0.357. The minimum absolute atomic E-state index is 0.0268. The molecule has 0 bridgehead atoms. The molecule has 2 unspecified atom stereocenters. The first-order chi connectivity index (χ1) is 17.9. The van der Waals surface area contributed by atoms with Crippen molar-refractivity contribution in [2.24, 2.45) is 0 Å². The fourth-order valence-electron chi connectivity index (χ4n) is 4.43. The summed E-state index contributed by atoms with van der Waals surface area (Å²) in [7, 11) is 0. The second-order valence-corrected chi connectivity index (χ2v) is 11.5. The Bertz CT molecular complexity index is 1170. The normalized spacial score (nSPS) is 20.4. The summed E-state index contributed by atoms with van der Waals surface area (Å²) in [4.78, 5) is 51.3. The molecular weight excluding hydrogens is 506 g/mol. The predicted octanol–water partition coefficient (Wildman–Crippen LogP) is 4.49. The Morgan fingerprint density at radius 2 is 1.89 bits per heavy atom. The standard InChI is InChI=1S/C28H31N3O4S2/c1-2-14-36-23-16-22(31(18-23)25(32)13-10-19-6-4-3-5-7-19)17-29-26(33)21-11-8-20(9-12-21)15-24-27(34)30-28(35)37-24/h3-9,11-12,15,22-23H,2,10,13-14,16-18H2,1H3,(H,29,33)(H,30,34,35)/b24-15-. The van der Waals surface area contributed by atoms with Crippen LogP contribution in [0.2, 0.25) is 0 Å². The van der Waals surface area contributed by atoms with Gasteiger partial charge in [-0.15, -0.1) is 0 Å². The lowest BCUT2D eigenvalue weighted by Gasteiger charge is -2.25. The summed E-state index contributed by atoms with van der Waals surface area (Å²) in [5.41, 5.74) is 2.37. The predicted molar refractivity (Wildman–Crippen MR) is 149 cm³/mol. The monoisotopic (exact) mass is 537 g/mol. The maximum Gasteiger partial charge on any atom is 0.290 e. The van der Waals surface area contributed by atoms with Gasteiger partial charge < -0.3 is 10.2 Å². The van der Waals surface area contributed by atoms with Crippen LogP contribution in [0.1, 0.15) is 47.7 Å². The number of rotatable bonds is 10. The second kappa shape index (κ2) is 13.0. The van der Waals surface area contributed by atoms with E-state index in [1.165, 1.54) is 0 Å². The van der Waals surface area contributed by atoms with E-state index in [2.05, 4.69) is 17.6 Å². The summed E-state index contributed by atoms with van der Waals surface area (Å²) in [6.07, 6.45) is 4.75. The van der Waals surface area contributed by atoms with Crippen molar-refractivity contribution < 1.29 is 19.2 Å². The number of nitrogens with one attached hydrogen (secondary N) is 2. The fourth-order valence-corrected chi connectivity index (χ4v) is 6.31. The molecule has 2 fully saturated rings. The maximum atomic E-state index is 13.1. The Kier molecular flexibility index (Phi) is 9.46. The van der Waals surface area contributed by atoms with Gasteiger partial charge in [0.2, 0.25) is 5.91 Å². The van der Waals surface area contributed by atoms with Gasteiger partial charge in [-0.1, -0.05) is 49.4 Å². The van der Waals surface area contributed by atoms with Gasteiger partial charge >= 0.3 is 0 Å². The molecule has 7 nitrogen and oxygen atoms in total. The summed E-state index contributed by atoms with van der Waals surface area (Å²) >= 11 is 2.76. The van der Waals surface area contributed by atoms with Gasteiger partial charge in [-0.3, -0.25) is 24.5 Å². The summed E-state index contributed by atoms with van der Waals surface area (Å²) < 4.78 is 0. The van der Waals surface area contributed by atoms with E-state index >= 15 is 0 Å². The highest BCUT2D eigenvalue weighted by atomic mass is 32.2. The van der Waals surface area contributed by atoms with Crippen LogP contribution in [0.15, 0.2) is 59.5 Å². The Balaban J connectivity index is 1.34. The summed E-state index contributed by atoms with van der Waals surface area (Å²) in [5, 5.41) is 5.23. The highest BCUT2D eigenvalue weighted by Gasteiger charge is 2.35. The minimum atomic E-state index is -0.411. The molecule has 2 aliphatic rings. The Labute approximate surface area is 225 Å². The van der Waals surface area contributed by atoms with Crippen LogP contribution >= 0.6 is 23.5 Å². The lowest BCUT2D eigenvalue weighted by atomic mass is 10.1. The molecule has 0 saturated carbocycles. The number of amides is 4. The van der Waals surface area contributed by atoms with Crippen LogP contribution in [0.25, 0.3) is 6.08 Å². The van der Waals surface area contributed by atoms with E-state index in [9.17, 15) is 19.2 Å². The molecule has 194 valence electrons. The first-order valence-corrected chi connectivity index (χ1v) is 14.4. The molecular formula is C28H31N3O4S2. The van der Waals surface area contributed by atoms with Crippen molar-refractivity contribution in [1.29, 1.82) is 0 Å². The molecule has 0 aliphatic carbocycles. The van der Waals surface area contributed by atoms with E-state index in [-0.39, 0.29) is 23.1 Å². The number of carbonyl (C=O) groups is 4. The number of imide groups is 1. The summed E-state index contributed by atoms with van der Waals surface area (Å²) in [6.45, 7) is 3.28. The average Bonchev–Trinajstić information content (AvgIpc) is 3.47. The van der Waals surface area contributed by atoms with Crippen LogP contribution in [-0.4, -0.2) is 58.0 Å². The third kappa shape index (κ3) is 7.49. The third-order valence-electron chi connectivity index (χ3n) is 6.34. The van der Waals surface area contributed by atoms with Crippen molar-refractivity contribution >= 4 is 52.6 Å². The number of carbonyl (C=O) groups excluding carboxylic acids is 4. The van der Waals surface area contributed by atoms with Crippen molar-refractivity contribution in [2.75, 3.05) is 18.8 Å². The molecule has 2 N–H and O–H groups in total. The molecule has 0 spiro atoms. The molecule has 2 atom stereocenters. The zero-order valence-electron chi connectivity index (χ0n) is 20.8. The van der Waals surface area contributed by atoms with Crippen molar-refractivity contribution in [3.8, 4) is 0 Å². The highest BCUT2D eigenvalue weighted by Crippen LogP contribution is 2.29. The Morgan fingerprint density at radius 1 is 1.14 bits per heavy atom. The van der Waals surface area contributed by atoms with Crippen LogP contribution in [0.3, 0.4) is 0 Å². The van der Waals surface area contributed by atoms with Crippen LogP contribution in [0.4, 0.5) is 4.79 Å². The summed E-state index contributed by atoms with van der Waals surface area (Å²) in [5.74, 6) is 0.579. The zero-order chi connectivity index (χ0) is 26.2. The largest absolute Gasteiger partial charge is 0.350 e. The topological polar surface area (TPSA) is 95.6 Å². The zero-order valence-corrected chi connectivity index (χ0v) is 22.4. The third-order valence-corrected chi connectivity index (χ3v) is 8.60. The molecule has 2 heterocycles. The number of hydrogen-bond donors (Lipinski definition) is 2. The van der Waals surface area contributed by atoms with Gasteiger partial charge in [0, 0.05) is 30.3 Å². The van der Waals surface area contributed by atoms with E-state index in [1.54, 1.807) is 30.3 Å². The number of benzene rings is 2. The molecule has 4 amide bonds. The number of hydrogen-bond acceptors (Lipinski definition) is 6. The molecule has 37 heavy (non-hydrogen) atoms.